The first kappa shape index (κ1) is 18.4. The van der Waals surface area contributed by atoms with Gasteiger partial charge in [-0.3, -0.25) is 9.59 Å². The average molecular weight is 338 g/mol. The number of carbonyl (C=O) groups excluding carboxylic acids is 2. The van der Waals surface area contributed by atoms with Crippen LogP contribution in [0.2, 0.25) is 0 Å². The molecule has 24 heavy (non-hydrogen) atoms. The molecular weight excluding hydrogens is 314 g/mol. The Bertz CT molecular complexity index is 564. The van der Waals surface area contributed by atoms with Crippen LogP contribution in [0.3, 0.4) is 0 Å². The van der Waals surface area contributed by atoms with Gasteiger partial charge in [-0.15, -0.1) is 0 Å². The Morgan fingerprint density at radius 1 is 1.04 bits per heavy atom. The van der Waals surface area contributed by atoms with Crippen LogP contribution in [0.1, 0.15) is 45.4 Å². The van der Waals surface area contributed by atoms with Gasteiger partial charge in [-0.05, 0) is 44.2 Å². The highest BCUT2D eigenvalue weighted by atomic mass is 19.1. The van der Waals surface area contributed by atoms with Crippen LogP contribution in [0.15, 0.2) is 18.2 Å². The van der Waals surface area contributed by atoms with Crippen molar-refractivity contribution in [3.63, 3.8) is 0 Å². The van der Waals surface area contributed by atoms with E-state index >= 15 is 0 Å². The van der Waals surface area contributed by atoms with Crippen molar-refractivity contribution in [1.29, 1.82) is 0 Å². The third-order valence-corrected chi connectivity index (χ3v) is 4.51. The van der Waals surface area contributed by atoms with Gasteiger partial charge in [-0.1, -0.05) is 19.4 Å². The number of carbonyl (C=O) groups is 2. The lowest BCUT2D eigenvalue weighted by molar-refractivity contribution is -0.128. The molecule has 4 nitrogen and oxygen atoms in total. The summed E-state index contributed by atoms with van der Waals surface area (Å²) >= 11 is 0. The van der Waals surface area contributed by atoms with Crippen molar-refractivity contribution in [2.45, 2.75) is 45.4 Å². The maximum Gasteiger partial charge on any atom is 0.227 e. The van der Waals surface area contributed by atoms with E-state index in [1.807, 2.05) is 0 Å². The second kappa shape index (κ2) is 8.76. The molecule has 2 N–H and O–H groups in total. The van der Waals surface area contributed by atoms with Crippen molar-refractivity contribution in [2.75, 3.05) is 11.9 Å². The zero-order chi connectivity index (χ0) is 17.5. The largest absolute Gasteiger partial charge is 0.356 e. The predicted molar refractivity (Wildman–Crippen MR) is 88.4 cm³/mol. The minimum absolute atomic E-state index is 0.0439. The molecule has 1 aromatic carbocycles. The fourth-order valence-electron chi connectivity index (χ4n) is 2.99. The second-order valence-electron chi connectivity index (χ2n) is 6.28. The maximum atomic E-state index is 13.6. The molecule has 0 radical (unpaired) electrons. The Balaban J connectivity index is 1.83. The summed E-state index contributed by atoms with van der Waals surface area (Å²) in [5, 5.41) is 5.26. The summed E-state index contributed by atoms with van der Waals surface area (Å²) in [4.78, 5) is 24.2. The number of unbranched alkanes of at least 4 members (excludes halogenated alkanes) is 1. The quantitative estimate of drug-likeness (QED) is 0.778. The van der Waals surface area contributed by atoms with Crippen LogP contribution in [-0.4, -0.2) is 18.4 Å². The summed E-state index contributed by atoms with van der Waals surface area (Å²) in [5.74, 6) is -2.30. The third kappa shape index (κ3) is 4.76. The third-order valence-electron chi connectivity index (χ3n) is 4.51. The van der Waals surface area contributed by atoms with Crippen LogP contribution in [0, 0.1) is 23.5 Å². The van der Waals surface area contributed by atoms with E-state index in [4.69, 9.17) is 0 Å². The molecule has 0 aromatic heterocycles. The highest BCUT2D eigenvalue weighted by Gasteiger charge is 2.30. The van der Waals surface area contributed by atoms with Gasteiger partial charge in [0.05, 0.1) is 0 Å². The Kier molecular flexibility index (Phi) is 6.70. The Hall–Kier alpha value is -1.98. The summed E-state index contributed by atoms with van der Waals surface area (Å²) in [5.41, 5.74) is -0.401. The number of rotatable bonds is 6. The fourth-order valence-corrected chi connectivity index (χ4v) is 2.99. The molecule has 1 aliphatic carbocycles. The number of hydrogen-bond donors (Lipinski definition) is 2. The molecule has 0 spiro atoms. The van der Waals surface area contributed by atoms with Gasteiger partial charge in [0, 0.05) is 18.4 Å². The Morgan fingerprint density at radius 3 is 2.12 bits per heavy atom. The molecule has 0 atom stereocenters. The summed E-state index contributed by atoms with van der Waals surface area (Å²) in [6.07, 6.45) is 4.32. The molecule has 1 fully saturated rings. The van der Waals surface area contributed by atoms with Crippen LogP contribution in [0.25, 0.3) is 0 Å². The summed E-state index contributed by atoms with van der Waals surface area (Å²) in [7, 11) is 0. The smallest absolute Gasteiger partial charge is 0.227 e. The van der Waals surface area contributed by atoms with Crippen molar-refractivity contribution < 1.29 is 18.4 Å². The molecule has 2 amide bonds. The fraction of sp³-hybridized carbons (Fsp3) is 0.556. The predicted octanol–water partition coefficient (Wildman–Crippen LogP) is 3.63. The highest BCUT2D eigenvalue weighted by molar-refractivity contribution is 5.93. The van der Waals surface area contributed by atoms with E-state index in [0.717, 1.165) is 25.0 Å². The zero-order valence-electron chi connectivity index (χ0n) is 13.9. The lowest BCUT2D eigenvalue weighted by atomic mass is 9.81. The van der Waals surface area contributed by atoms with Crippen molar-refractivity contribution in [3.8, 4) is 0 Å². The number of anilines is 1. The highest BCUT2D eigenvalue weighted by Crippen LogP contribution is 2.30. The molecule has 0 heterocycles. The Morgan fingerprint density at radius 2 is 1.58 bits per heavy atom. The molecule has 0 saturated heterocycles. The average Bonchev–Trinajstić information content (AvgIpc) is 2.58. The van der Waals surface area contributed by atoms with Crippen molar-refractivity contribution in [1.82, 2.24) is 5.32 Å². The standard InChI is InChI=1S/C18H24F2N2O2/c1-2-3-11-21-17(23)12-7-9-13(10-8-12)18(24)22-16-14(19)5-4-6-15(16)20/h4-6,12-13H,2-3,7-11H2,1H3,(H,21,23)(H,22,24). The zero-order valence-corrected chi connectivity index (χ0v) is 13.9. The van der Waals surface area contributed by atoms with Crippen LogP contribution < -0.4 is 10.6 Å². The topological polar surface area (TPSA) is 58.2 Å². The van der Waals surface area contributed by atoms with Gasteiger partial charge in [0.2, 0.25) is 11.8 Å². The van der Waals surface area contributed by atoms with E-state index < -0.39 is 17.3 Å². The van der Waals surface area contributed by atoms with E-state index in [1.165, 1.54) is 6.07 Å². The molecule has 6 heteroatoms. The SMILES string of the molecule is CCCCNC(=O)C1CCC(C(=O)Nc2c(F)cccc2F)CC1. The molecule has 1 aliphatic rings. The van der Waals surface area contributed by atoms with Gasteiger partial charge in [0.15, 0.2) is 0 Å². The molecule has 132 valence electrons. The van der Waals surface area contributed by atoms with Gasteiger partial charge in [0.1, 0.15) is 17.3 Å². The lowest BCUT2D eigenvalue weighted by Crippen LogP contribution is -2.36. The van der Waals surface area contributed by atoms with Gasteiger partial charge in [-0.2, -0.15) is 0 Å². The van der Waals surface area contributed by atoms with Crippen LogP contribution >= 0.6 is 0 Å². The summed E-state index contributed by atoms with van der Waals surface area (Å²) in [6, 6.07) is 3.47. The molecule has 1 aromatic rings. The number of benzene rings is 1. The van der Waals surface area contributed by atoms with Gasteiger partial charge >= 0.3 is 0 Å². The van der Waals surface area contributed by atoms with Crippen molar-refractivity contribution in [2.24, 2.45) is 11.8 Å². The normalized spacial score (nSPS) is 20.5. The number of para-hydroxylation sites is 1. The van der Waals surface area contributed by atoms with Crippen LogP contribution in [0.5, 0.6) is 0 Å². The van der Waals surface area contributed by atoms with Crippen LogP contribution in [-0.2, 0) is 9.59 Å². The minimum Gasteiger partial charge on any atom is -0.356 e. The van der Waals surface area contributed by atoms with Crippen molar-refractivity contribution in [3.05, 3.63) is 29.8 Å². The van der Waals surface area contributed by atoms with Crippen molar-refractivity contribution >= 4 is 17.5 Å². The van der Waals surface area contributed by atoms with E-state index in [1.54, 1.807) is 0 Å². The molecule has 2 rings (SSSR count). The minimum atomic E-state index is -0.785. The molecule has 0 bridgehead atoms. The monoisotopic (exact) mass is 338 g/mol. The number of amides is 2. The van der Waals surface area contributed by atoms with Crippen LogP contribution in [0.4, 0.5) is 14.5 Å². The first-order valence-electron chi connectivity index (χ1n) is 8.55. The number of halogens is 2. The molecule has 0 unspecified atom stereocenters. The maximum absolute atomic E-state index is 13.6. The molecule has 0 aliphatic heterocycles. The van der Waals surface area contributed by atoms with Gasteiger partial charge in [-0.25, -0.2) is 8.78 Å². The van der Waals surface area contributed by atoms with E-state index in [9.17, 15) is 18.4 Å². The Labute approximate surface area is 141 Å². The van der Waals surface area contributed by atoms with E-state index in [2.05, 4.69) is 17.6 Å². The summed E-state index contributed by atoms with van der Waals surface area (Å²) in [6.45, 7) is 2.75. The molecule has 1 saturated carbocycles. The van der Waals surface area contributed by atoms with Gasteiger partial charge < -0.3 is 10.6 Å². The van der Waals surface area contributed by atoms with E-state index in [-0.39, 0.29) is 23.7 Å². The number of hydrogen-bond acceptors (Lipinski definition) is 2. The first-order chi connectivity index (χ1) is 11.5. The number of nitrogens with one attached hydrogen (secondary N) is 2. The lowest BCUT2D eigenvalue weighted by Gasteiger charge is -2.27. The summed E-state index contributed by atoms with van der Waals surface area (Å²) < 4.78 is 27.2. The van der Waals surface area contributed by atoms with E-state index in [0.29, 0.717) is 32.2 Å². The van der Waals surface area contributed by atoms with Gasteiger partial charge in [0.25, 0.3) is 0 Å². The second-order valence-corrected chi connectivity index (χ2v) is 6.28. The molecular formula is C18H24F2N2O2. The first-order valence-corrected chi connectivity index (χ1v) is 8.55.